The van der Waals surface area contributed by atoms with Crippen molar-refractivity contribution in [3.8, 4) is 0 Å². The molecule has 0 saturated heterocycles. The number of hydrogen-bond acceptors (Lipinski definition) is 2. The van der Waals surface area contributed by atoms with Crippen LogP contribution < -0.4 is 5.43 Å². The first kappa shape index (κ1) is 14.8. The fourth-order valence-corrected chi connectivity index (χ4v) is 2.43. The summed E-state index contributed by atoms with van der Waals surface area (Å²) in [6, 6.07) is 0.760. The van der Waals surface area contributed by atoms with E-state index in [4.69, 9.17) is 0 Å². The van der Waals surface area contributed by atoms with Crippen LogP contribution in [0.15, 0.2) is 0 Å². The Morgan fingerprint density at radius 2 is 1.82 bits per heavy atom. The fourth-order valence-electron chi connectivity index (χ4n) is 1.11. The Morgan fingerprint density at radius 1 is 1.45 bits per heavy atom. The Kier molecular flexibility index (Phi) is 7.85. The summed E-state index contributed by atoms with van der Waals surface area (Å²) in [6.07, 6.45) is 0. The smallest absolute Gasteiger partial charge is 0.358 e. The zero-order chi connectivity index (χ0) is 7.02. The summed E-state index contributed by atoms with van der Waals surface area (Å²) in [5.41, 5.74) is 3.12. The second-order valence-corrected chi connectivity index (χ2v) is 4.07. The standard InChI is InChI=1S/C6H13IN2.CH3.Zn/c1-4-5(7)6(4)9(3)8-2;;/h4-6,8H,1-3H3;1H3;/q;-1;+2. The molecule has 62 valence electrons. The number of alkyl halides is 1. The van der Waals surface area contributed by atoms with E-state index in [1.54, 1.807) is 0 Å². The number of halogens is 1. The summed E-state index contributed by atoms with van der Waals surface area (Å²) in [5, 5.41) is 2.18. The quantitative estimate of drug-likeness (QED) is 0.271. The maximum Gasteiger partial charge on any atom is 2.00 e. The third kappa shape index (κ3) is 3.25. The molecule has 1 rings (SSSR count). The molecular formula is C7H16IN2Zn+. The largest absolute Gasteiger partial charge is 2.00 e. The van der Waals surface area contributed by atoms with Crippen molar-refractivity contribution in [2.45, 2.75) is 16.9 Å². The average Bonchev–Trinajstić information content (AvgIpc) is 2.40. The molecule has 1 aliphatic carbocycles. The van der Waals surface area contributed by atoms with Crippen LogP contribution in [0.3, 0.4) is 0 Å². The van der Waals surface area contributed by atoms with Crippen molar-refractivity contribution < 1.29 is 19.5 Å². The van der Waals surface area contributed by atoms with Gasteiger partial charge in [0, 0.05) is 17.0 Å². The van der Waals surface area contributed by atoms with Gasteiger partial charge in [0.1, 0.15) is 0 Å². The Morgan fingerprint density at radius 3 is 1.91 bits per heavy atom. The van der Waals surface area contributed by atoms with Gasteiger partial charge in [-0.15, -0.1) is 0 Å². The van der Waals surface area contributed by atoms with Crippen molar-refractivity contribution in [1.29, 1.82) is 0 Å². The minimum absolute atomic E-state index is 0. The van der Waals surface area contributed by atoms with Crippen LogP contribution in [0.25, 0.3) is 0 Å². The van der Waals surface area contributed by atoms with Gasteiger partial charge >= 0.3 is 19.5 Å². The van der Waals surface area contributed by atoms with E-state index in [0.29, 0.717) is 0 Å². The van der Waals surface area contributed by atoms with Crippen LogP contribution in [0.2, 0.25) is 0 Å². The van der Waals surface area contributed by atoms with Crippen LogP contribution in [0.1, 0.15) is 6.92 Å². The number of nitrogens with zero attached hydrogens (tertiary/aromatic N) is 1. The average molecular weight is 321 g/mol. The predicted octanol–water partition coefficient (Wildman–Crippen LogP) is 1.32. The summed E-state index contributed by atoms with van der Waals surface area (Å²) in [5.74, 6) is 0.864. The predicted molar refractivity (Wildman–Crippen MR) is 54.0 cm³/mol. The van der Waals surface area contributed by atoms with Gasteiger partial charge in [-0.1, -0.05) is 29.5 Å². The van der Waals surface area contributed by atoms with Crippen molar-refractivity contribution >= 4 is 22.6 Å². The Hall–Kier alpha value is 1.27. The molecule has 1 saturated carbocycles. The van der Waals surface area contributed by atoms with Crippen LogP contribution in [-0.2, 0) is 19.5 Å². The van der Waals surface area contributed by atoms with Crippen LogP contribution in [-0.4, -0.2) is 29.1 Å². The van der Waals surface area contributed by atoms with E-state index in [2.05, 4.69) is 47.0 Å². The van der Waals surface area contributed by atoms with E-state index in [-0.39, 0.29) is 26.9 Å². The zero-order valence-electron chi connectivity index (χ0n) is 7.76. The van der Waals surface area contributed by atoms with E-state index < -0.39 is 0 Å². The molecule has 0 aromatic rings. The number of rotatable bonds is 2. The minimum atomic E-state index is 0. The van der Waals surface area contributed by atoms with Crippen molar-refractivity contribution in [3.05, 3.63) is 7.43 Å². The Labute approximate surface area is 96.4 Å². The minimum Gasteiger partial charge on any atom is -0.358 e. The van der Waals surface area contributed by atoms with Crippen LogP contribution in [0, 0.1) is 13.3 Å². The molecule has 3 atom stereocenters. The molecule has 0 spiro atoms. The van der Waals surface area contributed by atoms with Gasteiger partial charge in [0.15, 0.2) is 0 Å². The van der Waals surface area contributed by atoms with Gasteiger partial charge in [0.2, 0.25) is 0 Å². The molecule has 4 heteroatoms. The Balaban J connectivity index is 0. The monoisotopic (exact) mass is 319 g/mol. The maximum absolute atomic E-state index is 3.12. The molecule has 1 fully saturated rings. The fraction of sp³-hybridized carbons (Fsp3) is 0.857. The second-order valence-electron chi connectivity index (χ2n) is 2.63. The third-order valence-corrected chi connectivity index (χ3v) is 3.90. The van der Waals surface area contributed by atoms with Crippen LogP contribution >= 0.6 is 22.6 Å². The van der Waals surface area contributed by atoms with Gasteiger partial charge in [0.05, 0.1) is 0 Å². The zero-order valence-corrected chi connectivity index (χ0v) is 12.9. The summed E-state index contributed by atoms with van der Waals surface area (Å²) in [4.78, 5) is 0. The van der Waals surface area contributed by atoms with Gasteiger partial charge < -0.3 is 7.43 Å². The molecule has 0 heterocycles. The molecule has 1 N–H and O–H groups in total. The molecular weight excluding hydrogens is 304 g/mol. The molecule has 0 aromatic carbocycles. The molecule has 0 aliphatic heterocycles. The van der Waals surface area contributed by atoms with Crippen molar-refractivity contribution in [3.63, 3.8) is 0 Å². The normalized spacial score (nSPS) is 34.1. The molecule has 0 radical (unpaired) electrons. The number of hydrogen-bond donors (Lipinski definition) is 1. The van der Waals surface area contributed by atoms with E-state index in [0.717, 1.165) is 15.9 Å². The first-order valence-corrected chi connectivity index (χ1v) is 4.47. The molecule has 3 unspecified atom stereocenters. The summed E-state index contributed by atoms with van der Waals surface area (Å²) >= 11 is 2.50. The topological polar surface area (TPSA) is 15.3 Å². The van der Waals surface area contributed by atoms with E-state index >= 15 is 0 Å². The molecule has 11 heavy (non-hydrogen) atoms. The first-order valence-electron chi connectivity index (χ1n) is 3.22. The van der Waals surface area contributed by atoms with Crippen molar-refractivity contribution in [2.24, 2.45) is 5.92 Å². The van der Waals surface area contributed by atoms with Crippen LogP contribution in [0.5, 0.6) is 0 Å². The maximum atomic E-state index is 3.12. The van der Waals surface area contributed by atoms with Crippen molar-refractivity contribution in [1.82, 2.24) is 10.4 Å². The van der Waals surface area contributed by atoms with E-state index in [1.165, 1.54) is 0 Å². The summed E-state index contributed by atoms with van der Waals surface area (Å²) in [6.45, 7) is 2.29. The SMILES string of the molecule is CNN(C)C1C(C)C1I.[CH3-].[Zn+2]. The number of hydrazine groups is 1. The number of nitrogens with one attached hydrogen (secondary N) is 1. The van der Waals surface area contributed by atoms with Crippen molar-refractivity contribution in [2.75, 3.05) is 14.1 Å². The van der Waals surface area contributed by atoms with Crippen LogP contribution in [0.4, 0.5) is 0 Å². The molecule has 0 aromatic heterocycles. The molecule has 0 bridgehead atoms. The van der Waals surface area contributed by atoms with Gasteiger partial charge in [-0.3, -0.25) is 5.43 Å². The third-order valence-electron chi connectivity index (χ3n) is 2.03. The molecule has 0 amide bonds. The van der Waals surface area contributed by atoms with E-state index in [1.807, 2.05) is 7.05 Å². The van der Waals surface area contributed by atoms with Gasteiger partial charge in [-0.05, 0) is 13.0 Å². The first-order chi connectivity index (χ1) is 4.18. The van der Waals surface area contributed by atoms with E-state index in [9.17, 15) is 0 Å². The van der Waals surface area contributed by atoms with Gasteiger partial charge in [-0.2, -0.15) is 0 Å². The second kappa shape index (κ2) is 5.84. The summed E-state index contributed by atoms with van der Waals surface area (Å²) < 4.78 is 0.847. The van der Waals surface area contributed by atoms with Gasteiger partial charge in [-0.25, -0.2) is 5.01 Å². The summed E-state index contributed by atoms with van der Waals surface area (Å²) in [7, 11) is 4.06. The van der Waals surface area contributed by atoms with Gasteiger partial charge in [0.25, 0.3) is 0 Å². The Bertz CT molecular complexity index is 105. The molecule has 2 nitrogen and oxygen atoms in total. The molecule has 1 aliphatic rings.